The van der Waals surface area contributed by atoms with E-state index >= 15 is 0 Å². The van der Waals surface area contributed by atoms with Gasteiger partial charge in [0.15, 0.2) is 0 Å². The number of hydrogen-bond acceptors (Lipinski definition) is 3. The summed E-state index contributed by atoms with van der Waals surface area (Å²) in [6.45, 7) is 6.42. The Kier molecular flexibility index (Phi) is 4.93. The van der Waals surface area contributed by atoms with E-state index in [0.717, 1.165) is 24.9 Å². The summed E-state index contributed by atoms with van der Waals surface area (Å²) in [4.78, 5) is 30.3. The highest BCUT2D eigenvalue weighted by atomic mass is 16.5. The lowest BCUT2D eigenvalue weighted by Gasteiger charge is -2.25. The van der Waals surface area contributed by atoms with Crippen LogP contribution >= 0.6 is 0 Å². The molecule has 1 atom stereocenters. The molecule has 3 rings (SSSR count). The molecule has 0 saturated carbocycles. The zero-order valence-electron chi connectivity index (χ0n) is 15.0. The molecular weight excluding hydrogens is 316 g/mol. The maximum absolute atomic E-state index is 13.1. The second-order valence-corrected chi connectivity index (χ2v) is 6.41. The van der Waals surface area contributed by atoms with Gasteiger partial charge in [-0.1, -0.05) is 30.3 Å². The lowest BCUT2D eigenvalue weighted by atomic mass is 10.0. The number of aryl methyl sites for hydroxylation is 1. The molecule has 0 aliphatic carbocycles. The van der Waals surface area contributed by atoms with E-state index in [-0.39, 0.29) is 17.9 Å². The molecule has 0 spiro atoms. The highest BCUT2D eigenvalue weighted by Crippen LogP contribution is 2.33. The number of aromatic nitrogens is 1. The van der Waals surface area contributed by atoms with Crippen molar-refractivity contribution in [3.63, 3.8) is 0 Å². The van der Waals surface area contributed by atoms with E-state index in [4.69, 9.17) is 4.74 Å². The van der Waals surface area contributed by atoms with Crippen LogP contribution in [-0.2, 0) is 4.74 Å². The second-order valence-electron chi connectivity index (χ2n) is 6.41. The molecule has 1 aliphatic rings. The number of amides is 1. The SMILES string of the molecule is CCOC(=O)c1c(C)[nH]c(C(=O)N2CCC[C@@H]2c2ccccc2)c1C. The Balaban J connectivity index is 1.91. The van der Waals surface area contributed by atoms with Crippen LogP contribution in [0, 0.1) is 13.8 Å². The zero-order chi connectivity index (χ0) is 18.0. The van der Waals surface area contributed by atoms with Crippen LogP contribution in [0.15, 0.2) is 30.3 Å². The van der Waals surface area contributed by atoms with Gasteiger partial charge in [0.25, 0.3) is 5.91 Å². The molecule has 1 N–H and O–H groups in total. The van der Waals surface area contributed by atoms with Crippen LogP contribution in [0.4, 0.5) is 0 Å². The summed E-state index contributed by atoms with van der Waals surface area (Å²) in [5.74, 6) is -0.434. The Bertz CT molecular complexity index is 780. The van der Waals surface area contributed by atoms with Crippen molar-refractivity contribution in [2.45, 2.75) is 39.7 Å². The van der Waals surface area contributed by atoms with E-state index in [1.165, 1.54) is 0 Å². The van der Waals surface area contributed by atoms with Crippen molar-refractivity contribution >= 4 is 11.9 Å². The summed E-state index contributed by atoms with van der Waals surface area (Å²) in [6.07, 6.45) is 1.94. The first-order chi connectivity index (χ1) is 12.0. The Labute approximate surface area is 148 Å². The van der Waals surface area contributed by atoms with E-state index in [2.05, 4.69) is 17.1 Å². The van der Waals surface area contributed by atoms with Crippen molar-refractivity contribution in [1.29, 1.82) is 0 Å². The Morgan fingerprint density at radius 3 is 2.64 bits per heavy atom. The minimum Gasteiger partial charge on any atom is -0.462 e. The maximum atomic E-state index is 13.1. The molecular formula is C20H24N2O3. The normalized spacial score (nSPS) is 16.9. The maximum Gasteiger partial charge on any atom is 0.340 e. The van der Waals surface area contributed by atoms with Gasteiger partial charge in [-0.2, -0.15) is 0 Å². The number of benzene rings is 1. The van der Waals surface area contributed by atoms with E-state index in [9.17, 15) is 9.59 Å². The lowest BCUT2D eigenvalue weighted by Crippen LogP contribution is -2.31. The van der Waals surface area contributed by atoms with E-state index in [0.29, 0.717) is 29.1 Å². The van der Waals surface area contributed by atoms with Crippen LogP contribution in [0.25, 0.3) is 0 Å². The van der Waals surface area contributed by atoms with Gasteiger partial charge < -0.3 is 14.6 Å². The third-order valence-corrected chi connectivity index (χ3v) is 4.83. The number of hydrogen-bond donors (Lipinski definition) is 1. The van der Waals surface area contributed by atoms with E-state index in [1.807, 2.05) is 23.1 Å². The Morgan fingerprint density at radius 1 is 1.24 bits per heavy atom. The number of likely N-dealkylation sites (tertiary alicyclic amines) is 1. The molecule has 2 aromatic rings. The molecule has 2 heterocycles. The predicted molar refractivity (Wildman–Crippen MR) is 95.7 cm³/mol. The molecule has 1 aromatic carbocycles. The fourth-order valence-corrected chi connectivity index (χ4v) is 3.65. The monoisotopic (exact) mass is 340 g/mol. The average molecular weight is 340 g/mol. The molecule has 25 heavy (non-hydrogen) atoms. The van der Waals surface area contributed by atoms with E-state index in [1.54, 1.807) is 20.8 Å². The number of nitrogens with zero attached hydrogens (tertiary/aromatic N) is 1. The molecule has 0 radical (unpaired) electrons. The number of carbonyl (C=O) groups excluding carboxylic acids is 2. The number of carbonyl (C=O) groups is 2. The smallest absolute Gasteiger partial charge is 0.340 e. The fourth-order valence-electron chi connectivity index (χ4n) is 3.65. The quantitative estimate of drug-likeness (QED) is 0.862. The van der Waals surface area contributed by atoms with Crippen LogP contribution in [0.1, 0.15) is 63.5 Å². The topological polar surface area (TPSA) is 62.4 Å². The van der Waals surface area contributed by atoms with Gasteiger partial charge in [0.2, 0.25) is 0 Å². The van der Waals surface area contributed by atoms with Crippen LogP contribution in [0.5, 0.6) is 0 Å². The summed E-state index contributed by atoms with van der Waals surface area (Å²) in [6, 6.07) is 10.2. The van der Waals surface area contributed by atoms with Gasteiger partial charge in [0.1, 0.15) is 5.69 Å². The molecule has 1 fully saturated rings. The van der Waals surface area contributed by atoms with Crippen LogP contribution in [0.3, 0.4) is 0 Å². The molecule has 0 bridgehead atoms. The molecule has 1 saturated heterocycles. The van der Waals surface area contributed by atoms with Crippen molar-refractivity contribution in [3.05, 3.63) is 58.4 Å². The van der Waals surface area contributed by atoms with Crippen molar-refractivity contribution < 1.29 is 14.3 Å². The number of aromatic amines is 1. The standard InChI is InChI=1S/C20H24N2O3/c1-4-25-20(24)17-13(2)18(21-14(17)3)19(23)22-12-8-11-16(22)15-9-6-5-7-10-15/h5-7,9-10,16,21H,4,8,11-12H2,1-3H3/t16-/m1/s1. The van der Waals surface area contributed by atoms with Crippen molar-refractivity contribution in [3.8, 4) is 0 Å². The first-order valence-corrected chi connectivity index (χ1v) is 8.76. The summed E-state index contributed by atoms with van der Waals surface area (Å²) in [7, 11) is 0. The first-order valence-electron chi connectivity index (χ1n) is 8.76. The van der Waals surface area contributed by atoms with Crippen molar-refractivity contribution in [1.82, 2.24) is 9.88 Å². The minimum atomic E-state index is -0.381. The van der Waals surface area contributed by atoms with Gasteiger partial charge >= 0.3 is 5.97 Å². The molecule has 0 unspecified atom stereocenters. The molecule has 5 nitrogen and oxygen atoms in total. The number of ether oxygens (including phenoxy) is 1. The summed E-state index contributed by atoms with van der Waals surface area (Å²) in [5, 5.41) is 0. The lowest BCUT2D eigenvalue weighted by molar-refractivity contribution is 0.0525. The highest BCUT2D eigenvalue weighted by molar-refractivity contribution is 6.00. The molecule has 1 amide bonds. The van der Waals surface area contributed by atoms with Gasteiger partial charge in [-0.05, 0) is 44.7 Å². The van der Waals surface area contributed by atoms with Crippen LogP contribution in [0.2, 0.25) is 0 Å². The molecule has 5 heteroatoms. The Hall–Kier alpha value is -2.56. The third-order valence-electron chi connectivity index (χ3n) is 4.83. The number of H-pyrrole nitrogens is 1. The fraction of sp³-hybridized carbons (Fsp3) is 0.400. The zero-order valence-corrected chi connectivity index (χ0v) is 15.0. The van der Waals surface area contributed by atoms with Crippen LogP contribution < -0.4 is 0 Å². The predicted octanol–water partition coefficient (Wildman–Crippen LogP) is 3.79. The van der Waals surface area contributed by atoms with Gasteiger partial charge in [0, 0.05) is 12.2 Å². The van der Waals surface area contributed by atoms with Crippen molar-refractivity contribution in [2.75, 3.05) is 13.2 Å². The average Bonchev–Trinajstić information content (AvgIpc) is 3.20. The van der Waals surface area contributed by atoms with Gasteiger partial charge in [0.05, 0.1) is 18.2 Å². The third kappa shape index (κ3) is 3.18. The number of rotatable bonds is 4. The number of nitrogens with one attached hydrogen (secondary N) is 1. The molecule has 132 valence electrons. The number of esters is 1. The van der Waals surface area contributed by atoms with E-state index < -0.39 is 0 Å². The summed E-state index contributed by atoms with van der Waals surface area (Å²) in [5.41, 5.74) is 3.46. The first kappa shape index (κ1) is 17.3. The van der Waals surface area contributed by atoms with Crippen LogP contribution in [-0.4, -0.2) is 34.9 Å². The largest absolute Gasteiger partial charge is 0.462 e. The molecule has 1 aliphatic heterocycles. The minimum absolute atomic E-state index is 0.0532. The van der Waals surface area contributed by atoms with Gasteiger partial charge in [-0.3, -0.25) is 4.79 Å². The van der Waals surface area contributed by atoms with Gasteiger partial charge in [-0.25, -0.2) is 4.79 Å². The highest BCUT2D eigenvalue weighted by Gasteiger charge is 2.33. The van der Waals surface area contributed by atoms with Crippen molar-refractivity contribution in [2.24, 2.45) is 0 Å². The summed E-state index contributed by atoms with van der Waals surface area (Å²) >= 11 is 0. The summed E-state index contributed by atoms with van der Waals surface area (Å²) < 4.78 is 5.11. The Morgan fingerprint density at radius 2 is 1.96 bits per heavy atom. The second kappa shape index (κ2) is 7.13. The molecule has 1 aromatic heterocycles. The van der Waals surface area contributed by atoms with Gasteiger partial charge in [-0.15, -0.1) is 0 Å².